The van der Waals surface area contributed by atoms with Gasteiger partial charge in [0.25, 0.3) is 0 Å². The topological polar surface area (TPSA) is 219 Å². The fourth-order valence-corrected chi connectivity index (χ4v) is 5.13. The number of carboxylic acid groups (broad SMARTS) is 2. The van der Waals surface area contributed by atoms with E-state index >= 15 is 0 Å². The Morgan fingerprint density at radius 2 is 1.20 bits per heavy atom. The minimum absolute atomic E-state index is 0.00813. The molecule has 0 fully saturated rings. The average molecular weight is 623 g/mol. The smallest absolute Gasteiger partial charge is 0.326 e. The highest BCUT2D eigenvalue weighted by Crippen LogP contribution is 2.20. The number of hydrogen-bond acceptors (Lipinski definition) is 7. The first-order valence-corrected chi connectivity index (χ1v) is 14.5. The van der Waals surface area contributed by atoms with Crippen LogP contribution in [0.15, 0.2) is 60.9 Å². The molecule has 0 saturated heterocycles. The molecule has 13 nitrogen and oxygen atoms in total. The number of hydrogen-bond donors (Lipinski definition) is 9. The van der Waals surface area contributed by atoms with Crippen LogP contribution in [0.1, 0.15) is 24.0 Å². The molecule has 0 saturated carbocycles. The average Bonchev–Trinajstić information content (AvgIpc) is 3.61. The molecule has 44 heavy (non-hydrogen) atoms. The largest absolute Gasteiger partial charge is 0.481 e. The molecule has 0 aliphatic rings. The molecule has 4 aromatic rings. The van der Waals surface area contributed by atoms with Crippen molar-refractivity contribution in [1.82, 2.24) is 25.9 Å². The lowest BCUT2D eigenvalue weighted by Crippen LogP contribution is -2.58. The summed E-state index contributed by atoms with van der Waals surface area (Å²) in [5, 5.41) is 28.1. The van der Waals surface area contributed by atoms with Crippen LogP contribution in [0.4, 0.5) is 0 Å². The maximum atomic E-state index is 13.5. The van der Waals surface area contributed by atoms with E-state index in [0.29, 0.717) is 11.1 Å². The number of carbonyl (C=O) groups excluding carboxylic acids is 3. The Morgan fingerprint density at radius 1 is 0.727 bits per heavy atom. The summed E-state index contributed by atoms with van der Waals surface area (Å²) in [4.78, 5) is 68.7. The second kappa shape index (κ2) is 14.6. The summed E-state index contributed by atoms with van der Waals surface area (Å²) in [5.41, 5.74) is 8.92. The van der Waals surface area contributed by atoms with Crippen LogP contribution < -0.4 is 21.7 Å². The van der Waals surface area contributed by atoms with Crippen LogP contribution in [0, 0.1) is 0 Å². The first-order valence-electron chi connectivity index (χ1n) is 13.9. The van der Waals surface area contributed by atoms with Crippen molar-refractivity contribution in [3.63, 3.8) is 0 Å². The zero-order valence-electron chi connectivity index (χ0n) is 23.6. The predicted molar refractivity (Wildman–Crippen MR) is 166 cm³/mol. The molecule has 4 unspecified atom stereocenters. The van der Waals surface area contributed by atoms with E-state index in [-0.39, 0.29) is 31.4 Å². The number of fused-ring (bicyclic) bond motifs is 2. The van der Waals surface area contributed by atoms with E-state index in [9.17, 15) is 29.1 Å². The number of thiol groups is 1. The highest BCUT2D eigenvalue weighted by atomic mass is 32.1. The number of amides is 3. The van der Waals surface area contributed by atoms with Gasteiger partial charge in [-0.15, -0.1) is 0 Å². The first kappa shape index (κ1) is 32.1. The van der Waals surface area contributed by atoms with Crippen LogP contribution in [-0.4, -0.2) is 79.8 Å². The van der Waals surface area contributed by atoms with Gasteiger partial charge in [0.05, 0.1) is 6.04 Å². The van der Waals surface area contributed by atoms with Crippen molar-refractivity contribution in [1.29, 1.82) is 0 Å². The zero-order chi connectivity index (χ0) is 31.8. The van der Waals surface area contributed by atoms with Crippen LogP contribution >= 0.6 is 12.6 Å². The van der Waals surface area contributed by atoms with Crippen LogP contribution in [0.25, 0.3) is 21.8 Å². The summed E-state index contributed by atoms with van der Waals surface area (Å²) in [6.45, 7) is 0. The molecule has 0 bridgehead atoms. The third-order valence-corrected chi connectivity index (χ3v) is 7.63. The van der Waals surface area contributed by atoms with Crippen LogP contribution in [0.3, 0.4) is 0 Å². The maximum Gasteiger partial charge on any atom is 0.326 e. The van der Waals surface area contributed by atoms with Crippen molar-refractivity contribution in [2.24, 2.45) is 5.73 Å². The van der Waals surface area contributed by atoms with Gasteiger partial charge in [0.15, 0.2) is 0 Å². The van der Waals surface area contributed by atoms with Gasteiger partial charge in [0.1, 0.15) is 18.1 Å². The Hall–Kier alpha value is -4.82. The minimum Gasteiger partial charge on any atom is -0.481 e. The molecule has 0 radical (unpaired) electrons. The number of carbonyl (C=O) groups is 5. The van der Waals surface area contributed by atoms with Crippen molar-refractivity contribution in [2.75, 3.05) is 5.75 Å². The van der Waals surface area contributed by atoms with Gasteiger partial charge in [-0.25, -0.2) is 4.79 Å². The van der Waals surface area contributed by atoms with Gasteiger partial charge in [-0.2, -0.15) is 12.6 Å². The Kier molecular flexibility index (Phi) is 10.6. The molecule has 0 aliphatic carbocycles. The third-order valence-electron chi connectivity index (χ3n) is 7.27. The SMILES string of the molecule is NC(CCC(=O)O)C(=O)NC(Cc1c[nH]c2ccccc12)C(=O)NC(CS)C(=O)NC(Cc1c[nH]c2ccccc12)C(=O)O. The van der Waals surface area contributed by atoms with Gasteiger partial charge in [-0.3, -0.25) is 19.2 Å². The van der Waals surface area contributed by atoms with Crippen LogP contribution in [-0.2, 0) is 36.8 Å². The third kappa shape index (κ3) is 7.96. The molecule has 2 aromatic carbocycles. The molecule has 0 aliphatic heterocycles. The number of para-hydroxylation sites is 2. The van der Waals surface area contributed by atoms with E-state index in [1.807, 2.05) is 48.5 Å². The Bertz CT molecular complexity index is 1670. The number of aromatic amines is 2. The quantitative estimate of drug-likeness (QED) is 0.0872. The standard InChI is InChI=1S/C30H34N6O7S/c31-20(9-10-26(37)38)27(39)34-23(11-16-13-32-21-7-3-1-5-18(16)21)28(40)36-25(15-44)29(41)35-24(30(42)43)12-17-14-33-22-8-4-2-6-19(17)22/h1-8,13-14,20,23-25,32-33,44H,9-12,15,31H2,(H,34,39)(H,35,41)(H,36,40)(H,37,38)(H,42,43). The monoisotopic (exact) mass is 622 g/mol. The number of aromatic nitrogens is 2. The number of nitrogens with two attached hydrogens (primary N) is 1. The van der Waals surface area contributed by atoms with E-state index in [0.717, 1.165) is 21.8 Å². The Labute approximate surface area is 257 Å². The second-order valence-electron chi connectivity index (χ2n) is 10.4. The highest BCUT2D eigenvalue weighted by Gasteiger charge is 2.31. The molecule has 14 heteroatoms. The summed E-state index contributed by atoms with van der Waals surface area (Å²) in [6, 6.07) is 9.81. The summed E-state index contributed by atoms with van der Waals surface area (Å²) in [5.74, 6) is -4.77. The Morgan fingerprint density at radius 3 is 1.73 bits per heavy atom. The summed E-state index contributed by atoms with van der Waals surface area (Å²) in [6.07, 6.45) is 2.92. The molecular weight excluding hydrogens is 588 g/mol. The van der Waals surface area contributed by atoms with Crippen molar-refractivity contribution >= 4 is 64.1 Å². The highest BCUT2D eigenvalue weighted by molar-refractivity contribution is 7.80. The van der Waals surface area contributed by atoms with Gasteiger partial charge >= 0.3 is 11.9 Å². The normalized spacial score (nSPS) is 14.0. The van der Waals surface area contributed by atoms with Crippen LogP contribution in [0.5, 0.6) is 0 Å². The minimum atomic E-state index is -1.30. The van der Waals surface area contributed by atoms with E-state index in [1.165, 1.54) is 0 Å². The first-order chi connectivity index (χ1) is 21.1. The van der Waals surface area contributed by atoms with E-state index in [4.69, 9.17) is 10.8 Å². The summed E-state index contributed by atoms with van der Waals surface area (Å²) in [7, 11) is 0. The molecule has 9 N–H and O–H groups in total. The summed E-state index contributed by atoms with van der Waals surface area (Å²) >= 11 is 4.20. The molecule has 0 spiro atoms. The van der Waals surface area contributed by atoms with E-state index < -0.39 is 53.8 Å². The molecule has 2 aromatic heterocycles. The van der Waals surface area contributed by atoms with E-state index in [2.05, 4.69) is 38.5 Å². The van der Waals surface area contributed by atoms with Gasteiger partial charge in [0.2, 0.25) is 17.7 Å². The Balaban J connectivity index is 1.49. The fraction of sp³-hybridized carbons (Fsp3) is 0.300. The lowest BCUT2D eigenvalue weighted by atomic mass is 10.0. The number of nitrogens with one attached hydrogen (secondary N) is 5. The van der Waals surface area contributed by atoms with Crippen molar-refractivity contribution in [3.05, 3.63) is 72.1 Å². The fourth-order valence-electron chi connectivity index (χ4n) is 4.88. The van der Waals surface area contributed by atoms with Gasteiger partial charge in [0, 0.05) is 59.2 Å². The van der Waals surface area contributed by atoms with Crippen molar-refractivity contribution in [2.45, 2.75) is 49.9 Å². The lowest BCUT2D eigenvalue weighted by Gasteiger charge is -2.24. The molecule has 3 amide bonds. The maximum absolute atomic E-state index is 13.5. The molecular formula is C30H34N6O7S. The number of aliphatic carboxylic acids is 2. The van der Waals surface area contributed by atoms with Gasteiger partial charge in [-0.05, 0) is 29.7 Å². The molecule has 2 heterocycles. The second-order valence-corrected chi connectivity index (χ2v) is 10.7. The van der Waals surface area contributed by atoms with Crippen LogP contribution in [0.2, 0.25) is 0 Å². The predicted octanol–water partition coefficient (Wildman–Crippen LogP) is 1.10. The van der Waals surface area contributed by atoms with Gasteiger partial charge < -0.3 is 41.9 Å². The van der Waals surface area contributed by atoms with E-state index in [1.54, 1.807) is 12.4 Å². The number of benzene rings is 2. The van der Waals surface area contributed by atoms with Crippen molar-refractivity contribution < 1.29 is 34.2 Å². The summed E-state index contributed by atoms with van der Waals surface area (Å²) < 4.78 is 0. The number of H-pyrrole nitrogens is 2. The number of carboxylic acids is 2. The molecule has 4 atom stereocenters. The number of rotatable bonds is 15. The molecule has 4 rings (SSSR count). The molecule has 232 valence electrons. The zero-order valence-corrected chi connectivity index (χ0v) is 24.5. The lowest BCUT2D eigenvalue weighted by molar-refractivity contribution is -0.142. The van der Waals surface area contributed by atoms with Crippen molar-refractivity contribution in [3.8, 4) is 0 Å². The van der Waals surface area contributed by atoms with Gasteiger partial charge in [-0.1, -0.05) is 36.4 Å².